The van der Waals surface area contributed by atoms with Gasteiger partial charge in [-0.3, -0.25) is 19.2 Å². The molecule has 0 radical (unpaired) electrons. The Labute approximate surface area is 169 Å². The highest BCUT2D eigenvalue weighted by Crippen LogP contribution is 2.18. The molecule has 4 N–H and O–H groups in total. The van der Waals surface area contributed by atoms with Crippen molar-refractivity contribution in [3.05, 3.63) is 24.3 Å². The number of ether oxygens (including phenoxy) is 2. The highest BCUT2D eigenvalue weighted by Gasteiger charge is 2.37. The fourth-order valence-corrected chi connectivity index (χ4v) is 3.22. The van der Waals surface area contributed by atoms with Gasteiger partial charge in [-0.15, -0.1) is 6.58 Å². The summed E-state index contributed by atoms with van der Waals surface area (Å²) < 4.78 is 10.3. The normalized spacial score (nSPS) is 24.5. The fraction of sp³-hybridized carbons (Fsp3) is 0.579. The lowest BCUT2D eigenvalue weighted by molar-refractivity contribution is -0.164. The molecule has 10 nitrogen and oxygen atoms in total. The van der Waals surface area contributed by atoms with Crippen LogP contribution in [-0.4, -0.2) is 73.7 Å². The van der Waals surface area contributed by atoms with Crippen LogP contribution < -0.4 is 16.4 Å². The standard InChI is InChI=1S/C19H28N4O6/c1-3-7-21-9-12-5-6-13(17(20)26)18(27)23(10-12)11-15(24)22-14-8-16(25)29-19(14)28-4-2/h3,5,13-14,19,21H,1,4,6-11H2,2H3,(H2,20,26)(H,22,24). The molecule has 1 fully saturated rings. The molecule has 3 atom stereocenters. The maximum atomic E-state index is 12.7. The van der Waals surface area contributed by atoms with Gasteiger partial charge in [-0.2, -0.15) is 0 Å². The number of esters is 1. The Bertz CT molecular complexity index is 692. The summed E-state index contributed by atoms with van der Waals surface area (Å²) >= 11 is 0. The van der Waals surface area contributed by atoms with Gasteiger partial charge in [-0.05, 0) is 18.9 Å². The predicted octanol–water partition coefficient (Wildman–Crippen LogP) is -1.18. The molecule has 2 heterocycles. The maximum absolute atomic E-state index is 12.7. The molecule has 3 amide bonds. The van der Waals surface area contributed by atoms with Gasteiger partial charge in [0, 0.05) is 26.2 Å². The quantitative estimate of drug-likeness (QED) is 0.179. The van der Waals surface area contributed by atoms with E-state index in [1.807, 2.05) is 0 Å². The van der Waals surface area contributed by atoms with Gasteiger partial charge in [-0.25, -0.2) is 0 Å². The van der Waals surface area contributed by atoms with Crippen molar-refractivity contribution >= 4 is 23.7 Å². The predicted molar refractivity (Wildman–Crippen MR) is 103 cm³/mol. The van der Waals surface area contributed by atoms with E-state index in [0.717, 1.165) is 5.57 Å². The van der Waals surface area contributed by atoms with E-state index in [2.05, 4.69) is 17.2 Å². The second kappa shape index (κ2) is 10.7. The zero-order valence-corrected chi connectivity index (χ0v) is 16.5. The van der Waals surface area contributed by atoms with Crippen LogP contribution in [0.5, 0.6) is 0 Å². The van der Waals surface area contributed by atoms with Crippen LogP contribution in [-0.2, 0) is 28.7 Å². The van der Waals surface area contributed by atoms with Crippen LogP contribution in [0, 0.1) is 5.92 Å². The molecule has 1 saturated heterocycles. The van der Waals surface area contributed by atoms with E-state index in [1.54, 1.807) is 19.1 Å². The van der Waals surface area contributed by atoms with E-state index >= 15 is 0 Å². The van der Waals surface area contributed by atoms with Crippen LogP contribution in [0.1, 0.15) is 19.8 Å². The van der Waals surface area contributed by atoms with E-state index < -0.39 is 41.9 Å². The number of rotatable bonds is 10. The van der Waals surface area contributed by atoms with Crippen molar-refractivity contribution in [2.45, 2.75) is 32.1 Å². The van der Waals surface area contributed by atoms with E-state index in [0.29, 0.717) is 19.7 Å². The van der Waals surface area contributed by atoms with Crippen LogP contribution in [0.2, 0.25) is 0 Å². The van der Waals surface area contributed by atoms with E-state index in [4.69, 9.17) is 15.2 Å². The van der Waals surface area contributed by atoms with Gasteiger partial charge in [0.25, 0.3) is 0 Å². The van der Waals surface area contributed by atoms with Crippen LogP contribution in [0.25, 0.3) is 0 Å². The topological polar surface area (TPSA) is 140 Å². The van der Waals surface area contributed by atoms with E-state index in [1.165, 1.54) is 4.90 Å². The average Bonchev–Trinajstić information content (AvgIpc) is 2.90. The Morgan fingerprint density at radius 1 is 1.45 bits per heavy atom. The summed E-state index contributed by atoms with van der Waals surface area (Å²) in [5.41, 5.74) is 6.23. The van der Waals surface area contributed by atoms with Gasteiger partial charge in [0.1, 0.15) is 12.0 Å². The molecular formula is C19H28N4O6. The third kappa shape index (κ3) is 6.40. The number of nitrogens with two attached hydrogens (primary N) is 1. The Balaban J connectivity index is 2.04. The maximum Gasteiger partial charge on any atom is 0.310 e. The summed E-state index contributed by atoms with van der Waals surface area (Å²) in [6.07, 6.45) is 2.84. The summed E-state index contributed by atoms with van der Waals surface area (Å²) in [6.45, 7) is 6.69. The SMILES string of the molecule is C=CCNCC1=CCC(C(N)=O)C(=O)N(CC(=O)NC2CC(=O)OC2OCC)C1. The molecule has 0 aromatic carbocycles. The van der Waals surface area contributed by atoms with Crippen LogP contribution in [0.15, 0.2) is 24.3 Å². The number of nitrogens with one attached hydrogen (secondary N) is 2. The molecule has 0 saturated carbocycles. The van der Waals surface area contributed by atoms with Crippen molar-refractivity contribution in [2.24, 2.45) is 11.7 Å². The summed E-state index contributed by atoms with van der Waals surface area (Å²) in [7, 11) is 0. The van der Waals surface area contributed by atoms with E-state index in [-0.39, 0.29) is 25.9 Å². The first kappa shape index (κ1) is 22.6. The lowest BCUT2D eigenvalue weighted by Gasteiger charge is -2.25. The zero-order valence-electron chi connectivity index (χ0n) is 16.5. The first-order chi connectivity index (χ1) is 13.8. The minimum absolute atomic E-state index is 0.00904. The van der Waals surface area contributed by atoms with Crippen molar-refractivity contribution in [1.29, 1.82) is 0 Å². The first-order valence-electron chi connectivity index (χ1n) is 9.53. The first-order valence-corrected chi connectivity index (χ1v) is 9.53. The molecule has 0 aromatic rings. The number of cyclic esters (lactones) is 1. The summed E-state index contributed by atoms with van der Waals surface area (Å²) in [4.78, 5) is 49.8. The molecule has 2 aliphatic rings. The van der Waals surface area contributed by atoms with Gasteiger partial charge < -0.3 is 30.7 Å². The summed E-state index contributed by atoms with van der Waals surface area (Å²) in [6, 6.07) is -0.631. The third-order valence-electron chi connectivity index (χ3n) is 4.60. The zero-order chi connectivity index (χ0) is 21.4. The molecule has 2 aliphatic heterocycles. The number of nitrogens with zero attached hydrogens (tertiary/aromatic N) is 1. The molecular weight excluding hydrogens is 380 g/mol. The molecule has 10 heteroatoms. The largest absolute Gasteiger partial charge is 0.433 e. The minimum atomic E-state index is -1.02. The van der Waals surface area contributed by atoms with Crippen LogP contribution in [0.4, 0.5) is 0 Å². The monoisotopic (exact) mass is 408 g/mol. The van der Waals surface area contributed by atoms with Crippen molar-refractivity contribution in [3.63, 3.8) is 0 Å². The molecule has 29 heavy (non-hydrogen) atoms. The van der Waals surface area contributed by atoms with Crippen molar-refractivity contribution < 1.29 is 28.7 Å². The molecule has 0 bridgehead atoms. The number of carbonyl (C=O) groups is 4. The lowest BCUT2D eigenvalue weighted by Crippen LogP contribution is -2.49. The van der Waals surface area contributed by atoms with Gasteiger partial charge in [0.15, 0.2) is 0 Å². The van der Waals surface area contributed by atoms with Gasteiger partial charge in [0.2, 0.25) is 24.0 Å². The number of allylic oxidation sites excluding steroid dienone is 1. The van der Waals surface area contributed by atoms with Gasteiger partial charge >= 0.3 is 5.97 Å². The molecule has 160 valence electrons. The third-order valence-corrected chi connectivity index (χ3v) is 4.60. The Morgan fingerprint density at radius 2 is 2.21 bits per heavy atom. The number of hydrogen-bond acceptors (Lipinski definition) is 7. The Kier molecular flexibility index (Phi) is 8.34. The molecule has 0 spiro atoms. The second-order valence-electron chi connectivity index (χ2n) is 6.86. The lowest BCUT2D eigenvalue weighted by atomic mass is 10.0. The van der Waals surface area contributed by atoms with E-state index in [9.17, 15) is 19.2 Å². The molecule has 0 aromatic heterocycles. The smallest absolute Gasteiger partial charge is 0.310 e. The average molecular weight is 408 g/mol. The van der Waals surface area contributed by atoms with Gasteiger partial charge in [0.05, 0.1) is 13.0 Å². The fourth-order valence-electron chi connectivity index (χ4n) is 3.22. The Morgan fingerprint density at radius 3 is 2.86 bits per heavy atom. The number of hydrogen-bond donors (Lipinski definition) is 3. The highest BCUT2D eigenvalue weighted by atomic mass is 16.7. The number of carbonyl (C=O) groups excluding carboxylic acids is 4. The summed E-state index contributed by atoms with van der Waals surface area (Å²) in [5, 5.41) is 5.81. The van der Waals surface area contributed by atoms with Crippen LogP contribution in [0.3, 0.4) is 0 Å². The van der Waals surface area contributed by atoms with Crippen LogP contribution >= 0.6 is 0 Å². The summed E-state index contributed by atoms with van der Waals surface area (Å²) in [5.74, 6) is -3.19. The number of amides is 3. The minimum Gasteiger partial charge on any atom is -0.433 e. The van der Waals surface area contributed by atoms with Crippen molar-refractivity contribution in [2.75, 3.05) is 32.8 Å². The second-order valence-corrected chi connectivity index (χ2v) is 6.86. The molecule has 2 rings (SSSR count). The van der Waals surface area contributed by atoms with Crippen molar-refractivity contribution in [3.8, 4) is 0 Å². The molecule has 3 unspecified atom stereocenters. The Hall–Kier alpha value is -2.72. The number of primary amides is 1. The van der Waals surface area contributed by atoms with Gasteiger partial charge in [-0.1, -0.05) is 12.2 Å². The molecule has 0 aliphatic carbocycles. The van der Waals surface area contributed by atoms with Crippen molar-refractivity contribution in [1.82, 2.24) is 15.5 Å². The highest BCUT2D eigenvalue weighted by molar-refractivity contribution is 6.01.